The summed E-state index contributed by atoms with van der Waals surface area (Å²) in [6, 6.07) is 0. The Hall–Kier alpha value is -0.790. The van der Waals surface area contributed by atoms with Crippen LogP contribution in [-0.2, 0) is 0 Å². The van der Waals surface area contributed by atoms with E-state index in [1.54, 1.807) is 0 Å². The lowest BCUT2D eigenvalue weighted by atomic mass is 10.5. The van der Waals surface area contributed by atoms with Gasteiger partial charge in [0, 0.05) is 4.48 Å². The van der Waals surface area contributed by atoms with Crippen molar-refractivity contribution in [2.24, 2.45) is 20.7 Å². The van der Waals surface area contributed by atoms with Gasteiger partial charge in [0.25, 0.3) is 0 Å². The molecule has 0 aliphatic carbocycles. The van der Waals surface area contributed by atoms with E-state index in [-0.39, 0.29) is 11.3 Å². The Morgan fingerprint density at radius 3 is 2.62 bits per heavy atom. The maximum absolute atomic E-state index is 5.62. The second-order valence-electron chi connectivity index (χ2n) is 2.31. The number of rotatable bonds is 4. The molecule has 0 aliphatic rings. The molecular formula is C8H11BrClN5S. The fraction of sp³-hybridized carbons (Fsp3) is 0.125. The van der Waals surface area contributed by atoms with Crippen LogP contribution in [0.25, 0.3) is 0 Å². The molecule has 3 N–H and O–H groups in total. The van der Waals surface area contributed by atoms with E-state index in [0.717, 1.165) is 0 Å². The first kappa shape index (κ1) is 15.2. The minimum absolute atomic E-state index is 0.0210. The summed E-state index contributed by atoms with van der Waals surface area (Å²) >= 11 is 12.8. The van der Waals surface area contributed by atoms with Crippen LogP contribution in [0.5, 0.6) is 0 Å². The molecule has 0 bridgehead atoms. The molecule has 0 amide bonds. The molecule has 1 atom stereocenters. The predicted octanol–water partition coefficient (Wildman–Crippen LogP) is 1.82. The lowest BCUT2D eigenvalue weighted by molar-refractivity contribution is 0.860. The van der Waals surface area contributed by atoms with Crippen LogP contribution < -0.4 is 11.1 Å². The van der Waals surface area contributed by atoms with Crippen LogP contribution in [0.3, 0.4) is 0 Å². The van der Waals surface area contributed by atoms with E-state index in [1.807, 2.05) is 0 Å². The van der Waals surface area contributed by atoms with E-state index in [9.17, 15) is 0 Å². The minimum atomic E-state index is -0.664. The summed E-state index contributed by atoms with van der Waals surface area (Å²) in [6.45, 7) is 6.68. The smallest absolute Gasteiger partial charge is 0.219 e. The maximum Gasteiger partial charge on any atom is 0.219 e. The van der Waals surface area contributed by atoms with Gasteiger partial charge >= 0.3 is 0 Å². The van der Waals surface area contributed by atoms with E-state index in [1.165, 1.54) is 11.6 Å². The van der Waals surface area contributed by atoms with Gasteiger partial charge in [-0.1, -0.05) is 22.5 Å². The Morgan fingerprint density at radius 1 is 1.56 bits per heavy atom. The number of halogens is 2. The Kier molecular flexibility index (Phi) is 7.96. The Balaban J connectivity index is 5.03. The van der Waals surface area contributed by atoms with Crippen LogP contribution in [-0.4, -0.2) is 24.1 Å². The van der Waals surface area contributed by atoms with Crippen molar-refractivity contribution >= 4 is 58.1 Å². The summed E-state index contributed by atoms with van der Waals surface area (Å²) in [5, 5.41) is 4.06. The van der Waals surface area contributed by atoms with E-state index in [2.05, 4.69) is 62.1 Å². The van der Waals surface area contributed by atoms with Crippen molar-refractivity contribution in [2.45, 2.75) is 6.17 Å². The normalized spacial score (nSPS) is 15.6. The zero-order valence-corrected chi connectivity index (χ0v) is 11.5. The van der Waals surface area contributed by atoms with Crippen LogP contribution in [0.2, 0.25) is 0 Å². The van der Waals surface area contributed by atoms with E-state index in [0.29, 0.717) is 4.48 Å². The van der Waals surface area contributed by atoms with Crippen LogP contribution in [0.1, 0.15) is 0 Å². The highest BCUT2D eigenvalue weighted by molar-refractivity contribution is 9.11. The van der Waals surface area contributed by atoms with Gasteiger partial charge in [0.05, 0.1) is 0 Å². The van der Waals surface area contributed by atoms with Gasteiger partial charge in [0.15, 0.2) is 12.1 Å². The molecule has 0 aromatic heterocycles. The van der Waals surface area contributed by atoms with Crippen molar-refractivity contribution in [3.63, 3.8) is 0 Å². The summed E-state index contributed by atoms with van der Waals surface area (Å²) in [5.74, 6) is 0.143. The Morgan fingerprint density at radius 2 is 2.19 bits per heavy atom. The molecule has 8 heteroatoms. The molecule has 0 rings (SSSR count). The molecule has 88 valence electrons. The quantitative estimate of drug-likeness (QED) is 0.319. The molecule has 0 fully saturated rings. The zero-order chi connectivity index (χ0) is 12.6. The molecule has 0 spiro atoms. The average molecular weight is 325 g/mol. The fourth-order valence-corrected chi connectivity index (χ4v) is 1.06. The molecule has 5 nitrogen and oxygen atoms in total. The summed E-state index contributed by atoms with van der Waals surface area (Å²) in [6.07, 6.45) is 0.730. The highest BCUT2D eigenvalue weighted by Gasteiger charge is 2.10. The first-order valence-electron chi connectivity index (χ1n) is 3.95. The van der Waals surface area contributed by atoms with Crippen molar-refractivity contribution in [3.8, 4) is 0 Å². The van der Waals surface area contributed by atoms with Gasteiger partial charge in [-0.2, -0.15) is 12.6 Å². The zero-order valence-electron chi connectivity index (χ0n) is 8.27. The lowest BCUT2D eigenvalue weighted by Crippen LogP contribution is -2.28. The third-order valence-corrected chi connectivity index (χ3v) is 2.73. The number of aliphatic imine (C=N–C) groups is 3. The highest BCUT2D eigenvalue weighted by Crippen LogP contribution is 2.17. The summed E-state index contributed by atoms with van der Waals surface area (Å²) < 4.78 is 0.575. The van der Waals surface area contributed by atoms with Gasteiger partial charge in [0.1, 0.15) is 0 Å². The highest BCUT2D eigenvalue weighted by atomic mass is 79.9. The fourth-order valence-electron chi connectivity index (χ4n) is 0.634. The summed E-state index contributed by atoms with van der Waals surface area (Å²) in [5.41, 5.74) is 5.53. The molecule has 0 aromatic carbocycles. The molecule has 0 heterocycles. The van der Waals surface area contributed by atoms with Crippen LogP contribution in [0.4, 0.5) is 0 Å². The molecule has 0 aliphatic heterocycles. The van der Waals surface area contributed by atoms with Crippen LogP contribution in [0.15, 0.2) is 37.6 Å². The number of hydrogen-bond acceptors (Lipinski definition) is 3. The average Bonchev–Trinajstić information content (AvgIpc) is 2.27. The van der Waals surface area contributed by atoms with Gasteiger partial charge in [-0.15, -0.1) is 0 Å². The van der Waals surface area contributed by atoms with E-state index in [4.69, 9.17) is 17.3 Å². The molecule has 0 radical (unpaired) electrons. The number of nitrogens with two attached hydrogens (primary N) is 1. The van der Waals surface area contributed by atoms with Gasteiger partial charge < -0.3 is 11.1 Å². The van der Waals surface area contributed by atoms with Crippen LogP contribution >= 0.6 is 40.2 Å². The van der Waals surface area contributed by atoms with Gasteiger partial charge in [-0.25, -0.2) is 15.0 Å². The molecule has 1 unspecified atom stereocenters. The van der Waals surface area contributed by atoms with Crippen LogP contribution in [0, 0.1) is 0 Å². The lowest BCUT2D eigenvalue weighted by Gasteiger charge is -2.08. The van der Waals surface area contributed by atoms with Gasteiger partial charge in [-0.3, -0.25) is 0 Å². The first-order valence-corrected chi connectivity index (χ1v) is 5.64. The van der Waals surface area contributed by atoms with Gasteiger partial charge in [-0.05, 0) is 29.9 Å². The number of thiol groups is 1. The third-order valence-electron chi connectivity index (χ3n) is 1.24. The second kappa shape index (κ2) is 8.37. The van der Waals surface area contributed by atoms with Crippen molar-refractivity contribution in [1.29, 1.82) is 0 Å². The second-order valence-corrected chi connectivity index (χ2v) is 3.82. The molecule has 16 heavy (non-hydrogen) atoms. The number of nitrogens with zero attached hydrogens (tertiary/aromatic N) is 3. The van der Waals surface area contributed by atoms with Gasteiger partial charge in [0.2, 0.25) is 5.29 Å². The van der Waals surface area contributed by atoms with Crippen molar-refractivity contribution < 1.29 is 0 Å². The van der Waals surface area contributed by atoms with E-state index < -0.39 is 6.17 Å². The largest absolute Gasteiger partial charge is 0.370 e. The predicted molar refractivity (Wildman–Crippen MR) is 77.6 cm³/mol. The number of nitrogens with one attached hydrogen (secondary N) is 1. The summed E-state index contributed by atoms with van der Waals surface area (Å²) in [4.78, 5) is 11.4. The Bertz CT molecular complexity index is 352. The number of amidine groups is 1. The van der Waals surface area contributed by atoms with Crippen molar-refractivity contribution in [2.75, 3.05) is 0 Å². The SMILES string of the molecule is C=CNC(N)=NC(N=C(Cl)N=C)/C(Br)=C\S. The molecule has 0 aromatic rings. The Labute approximate surface area is 113 Å². The maximum atomic E-state index is 5.62. The van der Waals surface area contributed by atoms with Crippen molar-refractivity contribution in [1.82, 2.24) is 5.32 Å². The minimum Gasteiger partial charge on any atom is -0.370 e. The first-order chi connectivity index (χ1) is 7.54. The molecule has 0 saturated carbocycles. The topological polar surface area (TPSA) is 75.1 Å². The number of guanidine groups is 1. The van der Waals surface area contributed by atoms with Crippen molar-refractivity contribution in [3.05, 3.63) is 22.7 Å². The number of hydrogen-bond donors (Lipinski definition) is 3. The summed E-state index contributed by atoms with van der Waals surface area (Å²) in [7, 11) is 0. The van der Waals surface area contributed by atoms with E-state index >= 15 is 0 Å². The third kappa shape index (κ3) is 5.94. The molecular weight excluding hydrogens is 314 g/mol. The molecule has 0 saturated heterocycles. The monoisotopic (exact) mass is 323 g/mol. The standard InChI is InChI=1S/C8H11BrClN5S/c1-3-13-8(11)15-6(5(9)4-16)14-7(10)12-2/h3-4,6,16H,1-2H2,(H3,11,13,15)/b5-4+,14-7?.